The average Bonchev–Trinajstić information content (AvgIpc) is 2.58. The number of rotatable bonds is 3. The number of pyridine rings is 1. The number of hydrogen-bond acceptors (Lipinski definition) is 2. The zero-order chi connectivity index (χ0) is 11.7. The molecule has 0 saturated heterocycles. The molecule has 0 aliphatic rings. The van der Waals surface area contributed by atoms with Gasteiger partial charge in [-0.1, -0.05) is 19.9 Å². The molecule has 0 atom stereocenters. The van der Waals surface area contributed by atoms with E-state index in [4.69, 9.17) is 5.73 Å². The van der Waals surface area contributed by atoms with Crippen molar-refractivity contribution in [2.24, 2.45) is 5.73 Å². The predicted molar refractivity (Wildman–Crippen MR) is 66.8 cm³/mol. The van der Waals surface area contributed by atoms with Gasteiger partial charge in [0.05, 0.1) is 11.2 Å². The van der Waals surface area contributed by atoms with Gasteiger partial charge in [-0.3, -0.25) is 0 Å². The second-order valence-electron chi connectivity index (χ2n) is 4.50. The van der Waals surface area contributed by atoms with E-state index >= 15 is 0 Å². The molecule has 16 heavy (non-hydrogen) atoms. The molecule has 2 rings (SSSR count). The summed E-state index contributed by atoms with van der Waals surface area (Å²) >= 11 is 0. The van der Waals surface area contributed by atoms with Crippen molar-refractivity contribution < 1.29 is 0 Å². The van der Waals surface area contributed by atoms with E-state index in [0.717, 1.165) is 17.9 Å². The van der Waals surface area contributed by atoms with E-state index < -0.39 is 0 Å². The Morgan fingerprint density at radius 2 is 2.19 bits per heavy atom. The van der Waals surface area contributed by atoms with E-state index in [-0.39, 0.29) is 0 Å². The van der Waals surface area contributed by atoms with Crippen LogP contribution in [0, 0.1) is 6.92 Å². The zero-order valence-corrected chi connectivity index (χ0v) is 10.2. The summed E-state index contributed by atoms with van der Waals surface area (Å²) in [5.41, 5.74) is 9.27. The third-order valence-electron chi connectivity index (χ3n) is 2.88. The van der Waals surface area contributed by atoms with Crippen LogP contribution in [-0.2, 0) is 6.42 Å². The zero-order valence-electron chi connectivity index (χ0n) is 10.2. The Bertz CT molecular complexity index is 497. The topological polar surface area (TPSA) is 43.3 Å². The molecular formula is C13H19N3. The third kappa shape index (κ3) is 1.71. The summed E-state index contributed by atoms with van der Waals surface area (Å²) in [7, 11) is 0. The Labute approximate surface area is 96.3 Å². The first kappa shape index (κ1) is 11.1. The molecule has 0 aliphatic carbocycles. The molecule has 86 valence electrons. The first-order valence-electron chi connectivity index (χ1n) is 5.81. The quantitative estimate of drug-likeness (QED) is 0.857. The minimum Gasteiger partial charge on any atom is -0.330 e. The largest absolute Gasteiger partial charge is 0.330 e. The van der Waals surface area contributed by atoms with Gasteiger partial charge >= 0.3 is 0 Å². The van der Waals surface area contributed by atoms with E-state index in [1.54, 1.807) is 0 Å². The maximum absolute atomic E-state index is 5.64. The summed E-state index contributed by atoms with van der Waals surface area (Å²) < 4.78 is 2.20. The highest BCUT2D eigenvalue weighted by Crippen LogP contribution is 2.22. The summed E-state index contributed by atoms with van der Waals surface area (Å²) in [5, 5.41) is 0. The van der Waals surface area contributed by atoms with Crippen LogP contribution in [0.5, 0.6) is 0 Å². The van der Waals surface area contributed by atoms with Crippen LogP contribution >= 0.6 is 0 Å². The summed E-state index contributed by atoms with van der Waals surface area (Å²) in [6.07, 6.45) is 3.00. The molecule has 0 radical (unpaired) electrons. The molecule has 0 bridgehead atoms. The lowest BCUT2D eigenvalue weighted by atomic mass is 10.1. The Kier molecular flexibility index (Phi) is 2.97. The lowest BCUT2D eigenvalue weighted by molar-refractivity contribution is 0.767. The van der Waals surface area contributed by atoms with Crippen molar-refractivity contribution in [1.82, 2.24) is 9.38 Å². The van der Waals surface area contributed by atoms with E-state index in [0.29, 0.717) is 12.5 Å². The van der Waals surface area contributed by atoms with Crippen LogP contribution in [0.4, 0.5) is 0 Å². The molecule has 0 unspecified atom stereocenters. The number of aryl methyl sites for hydroxylation is 1. The molecule has 0 saturated carbocycles. The monoisotopic (exact) mass is 217 g/mol. The van der Waals surface area contributed by atoms with Crippen LogP contribution in [0.1, 0.15) is 36.8 Å². The van der Waals surface area contributed by atoms with Crippen molar-refractivity contribution in [2.45, 2.75) is 33.1 Å². The highest BCUT2D eigenvalue weighted by Gasteiger charge is 2.13. The fourth-order valence-electron chi connectivity index (χ4n) is 2.19. The van der Waals surface area contributed by atoms with Crippen molar-refractivity contribution in [3.63, 3.8) is 0 Å². The molecular weight excluding hydrogens is 198 g/mol. The van der Waals surface area contributed by atoms with Gasteiger partial charge < -0.3 is 10.1 Å². The maximum atomic E-state index is 5.64. The Balaban J connectivity index is 2.69. The third-order valence-corrected chi connectivity index (χ3v) is 2.88. The van der Waals surface area contributed by atoms with Crippen LogP contribution in [0.25, 0.3) is 5.52 Å². The van der Waals surface area contributed by atoms with Gasteiger partial charge in [0.1, 0.15) is 5.82 Å². The predicted octanol–water partition coefficient (Wildman–Crippen LogP) is 2.27. The van der Waals surface area contributed by atoms with Gasteiger partial charge in [0.2, 0.25) is 0 Å². The fraction of sp³-hybridized carbons (Fsp3) is 0.462. The van der Waals surface area contributed by atoms with E-state index in [1.165, 1.54) is 11.1 Å². The van der Waals surface area contributed by atoms with Crippen molar-refractivity contribution in [3.05, 3.63) is 35.4 Å². The standard InChI is InChI=1S/C13H19N3/c1-9(2)13-15-10(3)12-11(6-7-14)5-4-8-16(12)13/h4-5,8-9H,6-7,14H2,1-3H3. The molecule has 3 heteroatoms. The molecule has 0 aliphatic heterocycles. The Hall–Kier alpha value is -1.35. The van der Waals surface area contributed by atoms with Crippen LogP contribution in [-0.4, -0.2) is 15.9 Å². The number of nitrogens with zero attached hydrogens (tertiary/aromatic N) is 2. The average molecular weight is 217 g/mol. The second kappa shape index (κ2) is 4.26. The first-order valence-corrected chi connectivity index (χ1v) is 5.81. The molecule has 2 aromatic rings. The fourth-order valence-corrected chi connectivity index (χ4v) is 2.19. The van der Waals surface area contributed by atoms with Crippen LogP contribution in [0.3, 0.4) is 0 Å². The van der Waals surface area contributed by atoms with Crippen molar-refractivity contribution in [3.8, 4) is 0 Å². The smallest absolute Gasteiger partial charge is 0.116 e. The van der Waals surface area contributed by atoms with Crippen LogP contribution in [0.15, 0.2) is 18.3 Å². The summed E-state index contributed by atoms with van der Waals surface area (Å²) in [5.74, 6) is 1.57. The molecule has 3 nitrogen and oxygen atoms in total. The first-order chi connectivity index (χ1) is 7.65. The minimum atomic E-state index is 0.439. The summed E-state index contributed by atoms with van der Waals surface area (Å²) in [6, 6.07) is 4.21. The molecule has 0 spiro atoms. The minimum absolute atomic E-state index is 0.439. The Morgan fingerprint density at radius 3 is 2.81 bits per heavy atom. The van der Waals surface area contributed by atoms with Crippen molar-refractivity contribution in [2.75, 3.05) is 6.54 Å². The number of aromatic nitrogens is 2. The van der Waals surface area contributed by atoms with Crippen molar-refractivity contribution >= 4 is 5.52 Å². The van der Waals surface area contributed by atoms with Gasteiger partial charge in [0, 0.05) is 12.1 Å². The van der Waals surface area contributed by atoms with E-state index in [9.17, 15) is 0 Å². The normalized spacial score (nSPS) is 11.6. The van der Waals surface area contributed by atoms with Crippen LogP contribution in [0.2, 0.25) is 0 Å². The lowest BCUT2D eigenvalue weighted by Gasteiger charge is -2.06. The van der Waals surface area contributed by atoms with Gasteiger partial charge in [0.25, 0.3) is 0 Å². The van der Waals surface area contributed by atoms with Gasteiger partial charge in [-0.15, -0.1) is 0 Å². The lowest BCUT2D eigenvalue weighted by Crippen LogP contribution is -2.05. The molecule has 2 aromatic heterocycles. The summed E-state index contributed by atoms with van der Waals surface area (Å²) in [4.78, 5) is 4.65. The molecule has 0 aromatic carbocycles. The number of fused-ring (bicyclic) bond motifs is 1. The maximum Gasteiger partial charge on any atom is 0.116 e. The number of imidazole rings is 1. The highest BCUT2D eigenvalue weighted by molar-refractivity contribution is 5.60. The highest BCUT2D eigenvalue weighted by atomic mass is 15.0. The molecule has 2 heterocycles. The van der Waals surface area contributed by atoms with Gasteiger partial charge in [-0.2, -0.15) is 0 Å². The van der Waals surface area contributed by atoms with Gasteiger partial charge in [0.15, 0.2) is 0 Å². The molecule has 0 amide bonds. The van der Waals surface area contributed by atoms with E-state index in [1.807, 2.05) is 0 Å². The number of nitrogens with two attached hydrogens (primary N) is 1. The van der Waals surface area contributed by atoms with Gasteiger partial charge in [-0.05, 0) is 31.5 Å². The second-order valence-corrected chi connectivity index (χ2v) is 4.50. The molecule has 2 N–H and O–H groups in total. The van der Waals surface area contributed by atoms with Gasteiger partial charge in [-0.25, -0.2) is 4.98 Å². The molecule has 0 fully saturated rings. The number of hydrogen-bond donors (Lipinski definition) is 1. The summed E-state index contributed by atoms with van der Waals surface area (Å²) in [6.45, 7) is 7.09. The van der Waals surface area contributed by atoms with Crippen molar-refractivity contribution in [1.29, 1.82) is 0 Å². The Morgan fingerprint density at radius 1 is 1.44 bits per heavy atom. The SMILES string of the molecule is Cc1nc(C(C)C)n2cccc(CCN)c12. The van der Waals surface area contributed by atoms with E-state index in [2.05, 4.69) is 48.5 Å². The van der Waals surface area contributed by atoms with Crippen LogP contribution < -0.4 is 5.73 Å².